The van der Waals surface area contributed by atoms with Crippen LogP contribution in [0.15, 0.2) is 42.5 Å². The first-order valence-corrected chi connectivity index (χ1v) is 10.3. The zero-order chi connectivity index (χ0) is 21.1. The molecule has 3 atom stereocenters. The Morgan fingerprint density at radius 2 is 1.90 bits per heavy atom. The van der Waals surface area contributed by atoms with Crippen molar-refractivity contribution >= 4 is 5.78 Å². The van der Waals surface area contributed by atoms with Crippen LogP contribution in [0.4, 0.5) is 4.39 Å². The molecule has 1 heterocycles. The van der Waals surface area contributed by atoms with Gasteiger partial charge in [0.2, 0.25) is 0 Å². The monoisotopic (exact) mass is 414 g/mol. The lowest BCUT2D eigenvalue weighted by Crippen LogP contribution is -2.50. The van der Waals surface area contributed by atoms with Crippen LogP contribution in [0.1, 0.15) is 37.3 Å². The number of carbonyl (C=O) groups is 1. The molecule has 0 N–H and O–H groups in total. The summed E-state index contributed by atoms with van der Waals surface area (Å²) in [5.41, 5.74) is 1.01. The van der Waals surface area contributed by atoms with Gasteiger partial charge in [-0.25, -0.2) is 4.39 Å². The molecule has 2 unspecified atom stereocenters. The van der Waals surface area contributed by atoms with Crippen molar-refractivity contribution in [2.45, 2.75) is 51.4 Å². The van der Waals surface area contributed by atoms with Crippen LogP contribution in [0.25, 0.3) is 0 Å². The second kappa shape index (κ2) is 8.74. The average Bonchev–Trinajstić information content (AvgIpc) is 2.81. The van der Waals surface area contributed by atoms with Crippen LogP contribution in [0.3, 0.4) is 0 Å². The van der Waals surface area contributed by atoms with Crippen LogP contribution in [-0.2, 0) is 27.3 Å². The molecule has 2 aromatic rings. The Morgan fingerprint density at radius 1 is 1.13 bits per heavy atom. The minimum absolute atomic E-state index is 0.155. The zero-order valence-electron chi connectivity index (χ0n) is 17.4. The minimum Gasteiger partial charge on any atom is -0.493 e. The van der Waals surface area contributed by atoms with Gasteiger partial charge in [-0.3, -0.25) is 4.79 Å². The van der Waals surface area contributed by atoms with Gasteiger partial charge < -0.3 is 18.9 Å². The van der Waals surface area contributed by atoms with E-state index < -0.39 is 5.41 Å². The first-order valence-electron chi connectivity index (χ1n) is 10.3. The number of hydrogen-bond acceptors (Lipinski definition) is 5. The third-order valence-corrected chi connectivity index (χ3v) is 6.25. The highest BCUT2D eigenvalue weighted by Gasteiger charge is 2.49. The molecule has 1 saturated carbocycles. The number of methoxy groups -OCH3 is 1. The van der Waals surface area contributed by atoms with Gasteiger partial charge in [-0.15, -0.1) is 0 Å². The molecule has 1 aliphatic heterocycles. The van der Waals surface area contributed by atoms with Crippen molar-refractivity contribution < 1.29 is 28.1 Å². The molecule has 0 radical (unpaired) electrons. The number of Topliss-reactive ketones (excluding diaryl/α,β-unsaturated/α-hetero) is 1. The third-order valence-electron chi connectivity index (χ3n) is 6.25. The molecular formula is C24H27FO5. The van der Waals surface area contributed by atoms with Crippen molar-refractivity contribution in [2.24, 2.45) is 5.41 Å². The van der Waals surface area contributed by atoms with Crippen molar-refractivity contribution in [3.8, 4) is 11.5 Å². The fraction of sp³-hybridized carbons (Fsp3) is 0.458. The Morgan fingerprint density at radius 3 is 2.67 bits per heavy atom. The van der Waals surface area contributed by atoms with Gasteiger partial charge in [-0.1, -0.05) is 37.3 Å². The SMILES string of the molecule is COc1cc(F)c(C[C@]2(C)C3CCC(=O)CC2OCO3)cc1OCc1ccccc1. The van der Waals surface area contributed by atoms with E-state index in [1.165, 1.54) is 13.2 Å². The molecule has 0 spiro atoms. The van der Waals surface area contributed by atoms with Crippen LogP contribution in [0, 0.1) is 11.2 Å². The Kier molecular flexibility index (Phi) is 6.06. The number of rotatable bonds is 6. The number of hydrogen-bond donors (Lipinski definition) is 0. The lowest BCUT2D eigenvalue weighted by atomic mass is 9.72. The average molecular weight is 414 g/mol. The highest BCUT2D eigenvalue weighted by Crippen LogP contribution is 2.44. The van der Waals surface area contributed by atoms with Gasteiger partial charge in [0.25, 0.3) is 0 Å². The van der Waals surface area contributed by atoms with E-state index in [2.05, 4.69) is 0 Å². The lowest BCUT2D eigenvalue weighted by molar-refractivity contribution is -0.241. The van der Waals surface area contributed by atoms with Gasteiger partial charge in [0.15, 0.2) is 11.5 Å². The summed E-state index contributed by atoms with van der Waals surface area (Å²) in [4.78, 5) is 12.1. The molecule has 1 saturated heterocycles. The molecule has 2 aliphatic rings. The molecule has 1 aliphatic carbocycles. The maximum atomic E-state index is 15.0. The summed E-state index contributed by atoms with van der Waals surface area (Å²) in [7, 11) is 1.49. The molecular weight excluding hydrogens is 387 g/mol. The highest BCUT2D eigenvalue weighted by molar-refractivity contribution is 5.79. The third kappa shape index (κ3) is 4.20. The maximum absolute atomic E-state index is 15.0. The van der Waals surface area contributed by atoms with E-state index in [1.54, 1.807) is 6.07 Å². The lowest BCUT2D eigenvalue weighted by Gasteiger charge is -2.45. The van der Waals surface area contributed by atoms with Gasteiger partial charge >= 0.3 is 0 Å². The van der Waals surface area contributed by atoms with Crippen LogP contribution >= 0.6 is 0 Å². The van der Waals surface area contributed by atoms with E-state index in [1.807, 2.05) is 37.3 Å². The summed E-state index contributed by atoms with van der Waals surface area (Å²) in [6.45, 7) is 2.55. The number of fused-ring (bicyclic) bond motifs is 2. The predicted octanol–water partition coefficient (Wildman–Crippen LogP) is 4.46. The molecule has 5 nitrogen and oxygen atoms in total. The number of benzene rings is 2. The topological polar surface area (TPSA) is 54.0 Å². The second-order valence-electron chi connectivity index (χ2n) is 8.26. The Labute approximate surface area is 176 Å². The van der Waals surface area contributed by atoms with Gasteiger partial charge in [-0.05, 0) is 30.0 Å². The van der Waals surface area contributed by atoms with Crippen molar-refractivity contribution in [3.63, 3.8) is 0 Å². The molecule has 6 heteroatoms. The van der Waals surface area contributed by atoms with Crippen molar-refractivity contribution in [1.82, 2.24) is 0 Å². The zero-order valence-corrected chi connectivity index (χ0v) is 17.4. The summed E-state index contributed by atoms with van der Waals surface area (Å²) in [5.74, 6) is 0.634. The van der Waals surface area contributed by atoms with E-state index in [0.717, 1.165) is 5.56 Å². The van der Waals surface area contributed by atoms with Crippen LogP contribution < -0.4 is 9.47 Å². The summed E-state index contributed by atoms with van der Waals surface area (Å²) >= 11 is 0. The molecule has 2 bridgehead atoms. The quantitative estimate of drug-likeness (QED) is 0.699. The van der Waals surface area contributed by atoms with Gasteiger partial charge in [0.1, 0.15) is 25.0 Å². The highest BCUT2D eigenvalue weighted by atomic mass is 19.1. The van der Waals surface area contributed by atoms with E-state index in [0.29, 0.717) is 49.4 Å². The molecule has 4 rings (SSSR count). The van der Waals surface area contributed by atoms with Gasteiger partial charge in [-0.2, -0.15) is 0 Å². The smallest absolute Gasteiger partial charge is 0.163 e. The largest absolute Gasteiger partial charge is 0.493 e. The number of ether oxygens (including phenoxy) is 4. The molecule has 2 fully saturated rings. The number of carbonyl (C=O) groups excluding carboxylic acids is 1. The number of ketones is 1. The predicted molar refractivity (Wildman–Crippen MR) is 109 cm³/mol. The minimum atomic E-state index is -0.503. The van der Waals surface area contributed by atoms with Crippen molar-refractivity contribution in [1.29, 1.82) is 0 Å². The Hall–Kier alpha value is -2.44. The normalized spacial score (nSPS) is 26.2. The van der Waals surface area contributed by atoms with Crippen LogP contribution in [-0.4, -0.2) is 31.9 Å². The van der Waals surface area contributed by atoms with E-state index in [9.17, 15) is 9.18 Å². The second-order valence-corrected chi connectivity index (χ2v) is 8.26. The van der Waals surface area contributed by atoms with Gasteiger partial charge in [0.05, 0.1) is 19.3 Å². The van der Waals surface area contributed by atoms with E-state index in [-0.39, 0.29) is 30.6 Å². The Bertz CT molecular complexity index is 900. The number of halogens is 1. The summed E-state index contributed by atoms with van der Waals surface area (Å²) in [6, 6.07) is 12.8. The molecule has 2 aromatic carbocycles. The molecule has 30 heavy (non-hydrogen) atoms. The summed E-state index contributed by atoms with van der Waals surface area (Å²) in [5, 5.41) is 0. The maximum Gasteiger partial charge on any atom is 0.163 e. The van der Waals surface area contributed by atoms with E-state index >= 15 is 0 Å². The molecule has 160 valence electrons. The van der Waals surface area contributed by atoms with Gasteiger partial charge in [0, 0.05) is 24.3 Å². The fourth-order valence-corrected chi connectivity index (χ4v) is 4.46. The van der Waals surface area contributed by atoms with Crippen LogP contribution in [0.5, 0.6) is 11.5 Å². The first-order chi connectivity index (χ1) is 14.5. The Balaban J connectivity index is 1.61. The van der Waals surface area contributed by atoms with Crippen LogP contribution in [0.2, 0.25) is 0 Å². The fourth-order valence-electron chi connectivity index (χ4n) is 4.46. The molecule has 0 aromatic heterocycles. The summed E-state index contributed by atoms with van der Waals surface area (Å²) < 4.78 is 37.9. The van der Waals surface area contributed by atoms with E-state index in [4.69, 9.17) is 18.9 Å². The van der Waals surface area contributed by atoms with Crippen molar-refractivity contribution in [3.05, 3.63) is 59.4 Å². The van der Waals surface area contributed by atoms with Crippen molar-refractivity contribution in [2.75, 3.05) is 13.9 Å². The standard InChI is InChI=1S/C24H27FO5/c1-24(22-9-8-18(26)11-23(24)30-15-29-22)13-17-10-21(20(27-2)12-19(17)25)28-14-16-6-4-3-5-7-16/h3-7,10,12,22-23H,8-9,11,13-15H2,1-2H3/t22?,23?,24-/m1/s1. The summed E-state index contributed by atoms with van der Waals surface area (Å²) in [6.07, 6.45) is 1.37. The first kappa shape index (κ1) is 20.8. The molecule has 0 amide bonds.